The Morgan fingerprint density at radius 1 is 0.880 bits per heavy atom. The van der Waals surface area contributed by atoms with E-state index in [0.717, 1.165) is 25.0 Å². The molecule has 3 heteroatoms. The summed E-state index contributed by atoms with van der Waals surface area (Å²) in [5, 5.41) is 0. The van der Waals surface area contributed by atoms with Gasteiger partial charge in [0.25, 0.3) is 0 Å². The molecule has 0 spiro atoms. The predicted molar refractivity (Wildman–Crippen MR) is 104 cm³/mol. The lowest BCUT2D eigenvalue weighted by molar-refractivity contribution is 0.0479. The van der Waals surface area contributed by atoms with Gasteiger partial charge in [0, 0.05) is 45.1 Å². The summed E-state index contributed by atoms with van der Waals surface area (Å²) in [4.78, 5) is 5.33. The Labute approximate surface area is 153 Å². The van der Waals surface area contributed by atoms with Crippen LogP contribution in [0.25, 0.3) is 0 Å². The largest absolute Gasteiger partial charge is 0.381 e. The molecule has 0 amide bonds. The number of likely N-dealkylation sites (tertiary alicyclic amines) is 1. The SMILES string of the molecule is c1ccc(N2CCCCC2)c(CCN2CCC(C3CCOCC3)C2)c1. The molecule has 0 aliphatic carbocycles. The molecule has 3 nitrogen and oxygen atoms in total. The first-order chi connectivity index (χ1) is 12.4. The van der Waals surface area contributed by atoms with Crippen molar-refractivity contribution in [2.75, 3.05) is 50.8 Å². The van der Waals surface area contributed by atoms with Gasteiger partial charge in [-0.15, -0.1) is 0 Å². The molecule has 4 rings (SSSR count). The Balaban J connectivity index is 1.31. The monoisotopic (exact) mass is 342 g/mol. The predicted octanol–water partition coefficient (Wildman–Crippen LogP) is 3.97. The zero-order chi connectivity index (χ0) is 16.9. The van der Waals surface area contributed by atoms with Crippen molar-refractivity contribution >= 4 is 5.69 Å². The number of nitrogens with zero attached hydrogens (tertiary/aromatic N) is 2. The number of para-hydroxylation sites is 1. The van der Waals surface area contributed by atoms with Gasteiger partial charge < -0.3 is 14.5 Å². The van der Waals surface area contributed by atoms with Gasteiger partial charge in [0.05, 0.1) is 0 Å². The van der Waals surface area contributed by atoms with Crippen molar-refractivity contribution in [3.63, 3.8) is 0 Å². The highest BCUT2D eigenvalue weighted by molar-refractivity contribution is 5.54. The molecule has 1 aromatic rings. The summed E-state index contributed by atoms with van der Waals surface area (Å²) in [7, 11) is 0. The van der Waals surface area contributed by atoms with E-state index in [1.807, 2.05) is 0 Å². The standard InChI is InChI=1S/C22H34N2O/c1-4-12-24(13-5-1)22-7-3-2-6-20(22)8-14-23-15-9-21(18-23)19-10-16-25-17-11-19/h2-3,6-7,19,21H,1,4-5,8-18H2. The minimum atomic E-state index is 0.916. The molecule has 3 heterocycles. The summed E-state index contributed by atoms with van der Waals surface area (Å²) in [6.45, 7) is 8.31. The molecule has 0 N–H and O–H groups in total. The first-order valence-electron chi connectivity index (χ1n) is 10.5. The fourth-order valence-electron chi connectivity index (χ4n) is 5.08. The van der Waals surface area contributed by atoms with E-state index in [1.54, 1.807) is 5.56 Å². The number of ether oxygens (including phenoxy) is 1. The van der Waals surface area contributed by atoms with Crippen LogP contribution in [0.15, 0.2) is 24.3 Å². The van der Waals surface area contributed by atoms with Crippen LogP contribution >= 0.6 is 0 Å². The lowest BCUT2D eigenvalue weighted by Gasteiger charge is -2.31. The molecule has 3 fully saturated rings. The van der Waals surface area contributed by atoms with E-state index in [9.17, 15) is 0 Å². The Kier molecular flexibility index (Phi) is 5.94. The Bertz CT molecular complexity index is 535. The average molecular weight is 343 g/mol. The average Bonchev–Trinajstić information content (AvgIpc) is 3.17. The first-order valence-corrected chi connectivity index (χ1v) is 10.5. The maximum Gasteiger partial charge on any atom is 0.0468 e. The van der Waals surface area contributed by atoms with E-state index < -0.39 is 0 Å². The number of rotatable bonds is 5. The lowest BCUT2D eigenvalue weighted by atomic mass is 9.85. The third-order valence-electron chi connectivity index (χ3n) is 6.63. The van der Waals surface area contributed by atoms with Gasteiger partial charge in [-0.05, 0) is 75.0 Å². The van der Waals surface area contributed by atoms with Gasteiger partial charge in [-0.2, -0.15) is 0 Å². The molecule has 1 aromatic carbocycles. The van der Waals surface area contributed by atoms with Crippen molar-refractivity contribution < 1.29 is 4.74 Å². The topological polar surface area (TPSA) is 15.7 Å². The number of hydrogen-bond acceptors (Lipinski definition) is 3. The van der Waals surface area contributed by atoms with Crippen LogP contribution < -0.4 is 4.90 Å². The van der Waals surface area contributed by atoms with Crippen molar-refractivity contribution in [3.8, 4) is 0 Å². The summed E-state index contributed by atoms with van der Waals surface area (Å²) >= 11 is 0. The second-order valence-electron chi connectivity index (χ2n) is 8.23. The summed E-state index contributed by atoms with van der Waals surface area (Å²) in [6.07, 6.45) is 9.29. The van der Waals surface area contributed by atoms with Gasteiger partial charge in [0.15, 0.2) is 0 Å². The van der Waals surface area contributed by atoms with Crippen molar-refractivity contribution in [1.82, 2.24) is 4.90 Å². The van der Waals surface area contributed by atoms with E-state index >= 15 is 0 Å². The van der Waals surface area contributed by atoms with Crippen LogP contribution in [0.5, 0.6) is 0 Å². The second-order valence-corrected chi connectivity index (χ2v) is 8.23. The van der Waals surface area contributed by atoms with Crippen LogP contribution in [0.2, 0.25) is 0 Å². The molecule has 1 unspecified atom stereocenters. The molecule has 138 valence electrons. The van der Waals surface area contributed by atoms with Gasteiger partial charge in [-0.25, -0.2) is 0 Å². The van der Waals surface area contributed by atoms with Crippen molar-refractivity contribution in [1.29, 1.82) is 0 Å². The minimum Gasteiger partial charge on any atom is -0.381 e. The summed E-state index contributed by atoms with van der Waals surface area (Å²) < 4.78 is 5.54. The lowest BCUT2D eigenvalue weighted by Crippen LogP contribution is -2.31. The fraction of sp³-hybridized carbons (Fsp3) is 0.727. The van der Waals surface area contributed by atoms with Crippen LogP contribution in [0.4, 0.5) is 5.69 Å². The Morgan fingerprint density at radius 2 is 1.68 bits per heavy atom. The Morgan fingerprint density at radius 3 is 2.52 bits per heavy atom. The fourth-order valence-corrected chi connectivity index (χ4v) is 5.08. The van der Waals surface area contributed by atoms with E-state index in [4.69, 9.17) is 4.74 Å². The third-order valence-corrected chi connectivity index (χ3v) is 6.63. The molecule has 3 saturated heterocycles. The summed E-state index contributed by atoms with van der Waals surface area (Å²) in [5.41, 5.74) is 3.06. The van der Waals surface area contributed by atoms with Crippen LogP contribution in [0.3, 0.4) is 0 Å². The van der Waals surface area contributed by atoms with E-state index in [0.29, 0.717) is 0 Å². The van der Waals surface area contributed by atoms with Gasteiger partial charge in [-0.1, -0.05) is 18.2 Å². The molecule has 0 aromatic heterocycles. The maximum absolute atomic E-state index is 5.54. The van der Waals surface area contributed by atoms with Gasteiger partial charge in [0.2, 0.25) is 0 Å². The highest BCUT2D eigenvalue weighted by atomic mass is 16.5. The summed E-state index contributed by atoms with van der Waals surface area (Å²) in [5.74, 6) is 1.83. The van der Waals surface area contributed by atoms with E-state index in [-0.39, 0.29) is 0 Å². The zero-order valence-corrected chi connectivity index (χ0v) is 15.7. The number of hydrogen-bond donors (Lipinski definition) is 0. The molecule has 0 radical (unpaired) electrons. The number of piperidine rings is 1. The number of benzene rings is 1. The van der Waals surface area contributed by atoms with E-state index in [1.165, 1.54) is 83.4 Å². The molecule has 1 atom stereocenters. The first kappa shape index (κ1) is 17.4. The molecule has 3 aliphatic rings. The molecule has 3 aliphatic heterocycles. The van der Waals surface area contributed by atoms with Crippen molar-refractivity contribution in [2.24, 2.45) is 11.8 Å². The van der Waals surface area contributed by atoms with Crippen LogP contribution in [0, 0.1) is 11.8 Å². The Hall–Kier alpha value is -1.06. The molecule has 0 saturated carbocycles. The molecular weight excluding hydrogens is 308 g/mol. The van der Waals surface area contributed by atoms with Crippen molar-refractivity contribution in [2.45, 2.75) is 44.9 Å². The van der Waals surface area contributed by atoms with Crippen LogP contribution in [-0.4, -0.2) is 50.8 Å². The van der Waals surface area contributed by atoms with Crippen molar-refractivity contribution in [3.05, 3.63) is 29.8 Å². The van der Waals surface area contributed by atoms with Crippen LogP contribution in [0.1, 0.15) is 44.1 Å². The quantitative estimate of drug-likeness (QED) is 0.805. The highest BCUT2D eigenvalue weighted by Gasteiger charge is 2.30. The normalized spacial score (nSPS) is 26.2. The molecule has 25 heavy (non-hydrogen) atoms. The third kappa shape index (κ3) is 4.38. The van der Waals surface area contributed by atoms with Gasteiger partial charge in [0.1, 0.15) is 0 Å². The number of anilines is 1. The van der Waals surface area contributed by atoms with E-state index in [2.05, 4.69) is 34.1 Å². The second kappa shape index (κ2) is 8.55. The van der Waals surface area contributed by atoms with Crippen LogP contribution in [-0.2, 0) is 11.2 Å². The van der Waals surface area contributed by atoms with Gasteiger partial charge >= 0.3 is 0 Å². The maximum atomic E-state index is 5.54. The zero-order valence-electron chi connectivity index (χ0n) is 15.7. The smallest absolute Gasteiger partial charge is 0.0468 e. The highest BCUT2D eigenvalue weighted by Crippen LogP contribution is 2.31. The van der Waals surface area contributed by atoms with Gasteiger partial charge in [-0.3, -0.25) is 0 Å². The molecule has 0 bridgehead atoms. The summed E-state index contributed by atoms with van der Waals surface area (Å²) in [6, 6.07) is 9.13. The molecular formula is C22H34N2O. The minimum absolute atomic E-state index is 0.916.